The van der Waals surface area contributed by atoms with Crippen LogP contribution in [0.1, 0.15) is 12.0 Å². The van der Waals surface area contributed by atoms with Gasteiger partial charge in [-0.2, -0.15) is 8.42 Å². The number of nitrogens with one attached hydrogen (secondary N) is 3. The number of carbonyl (C=O) groups excluding carboxylic acids is 2. The number of carbonyl (C=O) groups is 2. The molecular weight excluding hydrogens is 719 g/mol. The lowest BCUT2D eigenvalue weighted by molar-refractivity contribution is -0.123. The fraction of sp³-hybridized carbons (Fsp3) is 0.314. The Hall–Kier alpha value is -3.88. The number of para-hydroxylation sites is 4. The molecule has 2 heterocycles. The van der Waals surface area contributed by atoms with E-state index in [1.165, 1.54) is 12.1 Å². The molecule has 5 rings (SSSR count). The second-order valence-corrected chi connectivity index (χ2v) is 18.3. The first-order chi connectivity index (χ1) is 23.8. The highest BCUT2D eigenvalue weighted by molar-refractivity contribution is 8.32. The molecule has 0 spiro atoms. The zero-order valence-corrected chi connectivity index (χ0v) is 31.5. The minimum Gasteiger partial charge on any atom is -0.367 e. The number of aryl methyl sites for hydroxylation is 1. The van der Waals surface area contributed by atoms with Crippen molar-refractivity contribution in [3.63, 3.8) is 0 Å². The maximum Gasteiger partial charge on any atom is 0.306 e. The average Bonchev–Trinajstić information content (AvgIpc) is 3.66. The number of aromatic nitrogens is 1. The van der Waals surface area contributed by atoms with Gasteiger partial charge in [0.25, 0.3) is 11.7 Å². The van der Waals surface area contributed by atoms with Crippen LogP contribution in [0.3, 0.4) is 0 Å². The van der Waals surface area contributed by atoms with Gasteiger partial charge in [0.05, 0.1) is 33.3 Å². The quantitative estimate of drug-likeness (QED) is 0.116. The molecular formula is C35H42Cl2N6O5S2. The largest absolute Gasteiger partial charge is 0.367 e. The number of alkyl halides is 2. The summed E-state index contributed by atoms with van der Waals surface area (Å²) in [7, 11) is -4.30. The number of nitrogens with zero attached hydrogens (tertiary/aromatic N) is 3. The first-order valence-electron chi connectivity index (χ1n) is 15.9. The summed E-state index contributed by atoms with van der Waals surface area (Å²) < 4.78 is 33.1. The highest BCUT2D eigenvalue weighted by Gasteiger charge is 2.50. The summed E-state index contributed by atoms with van der Waals surface area (Å²) in [6.07, 6.45) is 6.86. The normalized spacial score (nSPS) is 16.0. The molecule has 11 nitrogen and oxygen atoms in total. The van der Waals surface area contributed by atoms with Gasteiger partial charge in [-0.1, -0.05) is 42.0 Å². The highest BCUT2D eigenvalue weighted by atomic mass is 35.5. The Morgan fingerprint density at radius 2 is 1.58 bits per heavy atom. The molecule has 0 aliphatic carbocycles. The van der Waals surface area contributed by atoms with Crippen molar-refractivity contribution in [2.24, 2.45) is 0 Å². The van der Waals surface area contributed by atoms with Crippen LogP contribution in [0.2, 0.25) is 0 Å². The van der Waals surface area contributed by atoms with E-state index in [9.17, 15) is 18.0 Å². The van der Waals surface area contributed by atoms with Crippen molar-refractivity contribution in [3.8, 4) is 0 Å². The fourth-order valence-corrected chi connectivity index (χ4v) is 9.84. The molecule has 0 bridgehead atoms. The Kier molecular flexibility index (Phi) is 11.6. The molecule has 1 aliphatic rings. The number of fused-ring (bicyclic) bond motifs is 1. The predicted octanol–water partition coefficient (Wildman–Crippen LogP) is 6.60. The number of halogens is 2. The van der Waals surface area contributed by atoms with E-state index in [1.54, 1.807) is 47.7 Å². The number of benzene rings is 3. The Labute approximate surface area is 305 Å². The van der Waals surface area contributed by atoms with E-state index in [0.717, 1.165) is 22.6 Å². The Morgan fingerprint density at radius 3 is 2.26 bits per heavy atom. The molecule has 0 fully saturated rings. The summed E-state index contributed by atoms with van der Waals surface area (Å²) in [6.45, 7) is 2.96. The van der Waals surface area contributed by atoms with Crippen molar-refractivity contribution in [3.05, 3.63) is 96.8 Å². The first kappa shape index (κ1) is 37.4. The van der Waals surface area contributed by atoms with Crippen LogP contribution in [-0.2, 0) is 29.1 Å². The van der Waals surface area contributed by atoms with E-state index in [2.05, 4.69) is 16.0 Å². The van der Waals surface area contributed by atoms with Gasteiger partial charge in [-0.15, -0.1) is 33.5 Å². The molecule has 1 aliphatic heterocycles. The van der Waals surface area contributed by atoms with Gasteiger partial charge in [0.15, 0.2) is 0 Å². The zero-order valence-electron chi connectivity index (χ0n) is 28.4. The Bertz CT molecular complexity index is 1930. The van der Waals surface area contributed by atoms with Gasteiger partial charge in [0.2, 0.25) is 5.91 Å². The third-order valence-corrected chi connectivity index (χ3v) is 12.9. The predicted molar refractivity (Wildman–Crippen MR) is 207 cm³/mol. The standard InChI is InChI=1S/C35H42Cl2N6O5S2/c1-26-13-15-28(16-14-26)50(46,47)48-49(3,4)24-18-33(44)38-27-17-21-43(25-27)35(40-30-10-6-7-11-31(30)41(35)2)34(45)39-29-9-5-8-12-32(29)42(22-19-36)23-20-37/h5-17,21,25,40H,18-20,22-24H2,1-4H3,(H,38,44)(H,39,45). The van der Waals surface area contributed by atoms with Crippen LogP contribution < -0.4 is 25.8 Å². The number of likely N-dealkylation sites (N-methyl/N-ethyl adjacent to an activating group) is 1. The maximum absolute atomic E-state index is 14.5. The van der Waals surface area contributed by atoms with Crippen molar-refractivity contribution in [2.75, 3.05) is 75.9 Å². The molecule has 1 aromatic heterocycles. The van der Waals surface area contributed by atoms with Crippen molar-refractivity contribution in [2.45, 2.75) is 24.0 Å². The molecule has 3 N–H and O–H groups in total. The molecule has 0 saturated carbocycles. The highest BCUT2D eigenvalue weighted by Crippen LogP contribution is 2.45. The summed E-state index contributed by atoms with van der Waals surface area (Å²) in [5.74, 6) is -1.14. The van der Waals surface area contributed by atoms with E-state index in [4.69, 9.17) is 26.8 Å². The van der Waals surface area contributed by atoms with Crippen molar-refractivity contribution in [1.82, 2.24) is 4.57 Å². The van der Waals surface area contributed by atoms with Crippen LogP contribution in [0.15, 0.2) is 96.2 Å². The summed E-state index contributed by atoms with van der Waals surface area (Å²) in [5.41, 5.74) is 4.35. The average molecular weight is 762 g/mol. The molecule has 4 aromatic rings. The number of anilines is 5. The van der Waals surface area contributed by atoms with Gasteiger partial charge in [-0.25, -0.2) is 3.63 Å². The lowest BCUT2D eigenvalue weighted by Gasteiger charge is -2.37. The number of rotatable bonds is 15. The Balaban J connectivity index is 1.34. The van der Waals surface area contributed by atoms with Crippen LogP contribution in [0.25, 0.3) is 0 Å². The molecule has 1 unspecified atom stereocenters. The van der Waals surface area contributed by atoms with E-state index >= 15 is 0 Å². The van der Waals surface area contributed by atoms with E-state index in [1.807, 2.05) is 72.3 Å². The van der Waals surface area contributed by atoms with Gasteiger partial charge < -0.3 is 30.3 Å². The molecule has 2 amide bonds. The van der Waals surface area contributed by atoms with Gasteiger partial charge in [0, 0.05) is 56.5 Å². The van der Waals surface area contributed by atoms with Gasteiger partial charge in [-0.3, -0.25) is 9.59 Å². The monoisotopic (exact) mass is 760 g/mol. The van der Waals surface area contributed by atoms with Crippen LogP contribution in [0.4, 0.5) is 28.4 Å². The van der Waals surface area contributed by atoms with Gasteiger partial charge >= 0.3 is 10.1 Å². The van der Waals surface area contributed by atoms with Crippen molar-refractivity contribution in [1.29, 1.82) is 0 Å². The van der Waals surface area contributed by atoms with Crippen LogP contribution in [-0.4, -0.2) is 75.0 Å². The third-order valence-electron chi connectivity index (χ3n) is 8.33. The summed E-state index contributed by atoms with van der Waals surface area (Å²) in [4.78, 5) is 31.6. The molecule has 0 radical (unpaired) electrons. The van der Waals surface area contributed by atoms with Gasteiger partial charge in [0.1, 0.15) is 0 Å². The SMILES string of the molecule is Cc1ccc(S(=O)(=O)OS(C)(C)CCC(=O)Nc2ccn(C3(C(=O)Nc4ccccc4N(CCCl)CCCl)Nc4ccccc4N3C)c2)cc1. The third kappa shape index (κ3) is 8.18. The van der Waals surface area contributed by atoms with Crippen LogP contribution in [0, 0.1) is 6.92 Å². The van der Waals surface area contributed by atoms with Crippen LogP contribution >= 0.6 is 33.5 Å². The summed E-state index contributed by atoms with van der Waals surface area (Å²) >= 11 is 12.2. The molecule has 268 valence electrons. The topological polar surface area (TPSA) is 125 Å². The maximum atomic E-state index is 14.5. The molecule has 3 aromatic carbocycles. The smallest absolute Gasteiger partial charge is 0.306 e. The number of amides is 2. The van der Waals surface area contributed by atoms with E-state index in [0.29, 0.717) is 36.2 Å². The zero-order chi connectivity index (χ0) is 36.1. The second kappa shape index (κ2) is 15.6. The van der Waals surface area contributed by atoms with E-state index in [-0.39, 0.29) is 28.9 Å². The number of hydrogen-bond donors (Lipinski definition) is 3. The molecule has 50 heavy (non-hydrogen) atoms. The second-order valence-electron chi connectivity index (χ2n) is 12.3. The minimum atomic E-state index is -3.99. The van der Waals surface area contributed by atoms with Crippen molar-refractivity contribution < 1.29 is 21.6 Å². The van der Waals surface area contributed by atoms with E-state index < -0.39 is 26.2 Å². The van der Waals surface area contributed by atoms with Crippen molar-refractivity contribution >= 4 is 83.9 Å². The minimum absolute atomic E-state index is 0.0318. The van der Waals surface area contributed by atoms with Crippen LogP contribution in [0.5, 0.6) is 0 Å². The summed E-state index contributed by atoms with van der Waals surface area (Å²) in [6, 6.07) is 23.2. The number of hydrogen-bond acceptors (Lipinski definition) is 8. The lowest BCUT2D eigenvalue weighted by atomic mass is 10.2. The summed E-state index contributed by atoms with van der Waals surface area (Å²) in [5, 5.41) is 9.45. The lowest BCUT2D eigenvalue weighted by Crippen LogP contribution is -2.59. The van der Waals surface area contributed by atoms with Gasteiger partial charge in [-0.05, 0) is 61.9 Å². The Morgan fingerprint density at radius 1 is 0.920 bits per heavy atom. The first-order valence-corrected chi connectivity index (χ1v) is 20.9. The molecule has 15 heteroatoms. The molecule has 0 saturated heterocycles. The molecule has 1 atom stereocenters. The fourth-order valence-electron chi connectivity index (χ4n) is 5.76.